The van der Waals surface area contributed by atoms with Crippen molar-refractivity contribution in [3.63, 3.8) is 0 Å². The topological polar surface area (TPSA) is 72.7 Å². The summed E-state index contributed by atoms with van der Waals surface area (Å²) in [6.45, 7) is 0. The number of benzene rings is 4. The van der Waals surface area contributed by atoms with Gasteiger partial charge in [0.2, 0.25) is 0 Å². The van der Waals surface area contributed by atoms with Crippen LogP contribution < -0.4 is 5.32 Å². The maximum Gasteiger partial charge on any atom is 0.271 e. The lowest BCUT2D eigenvalue weighted by molar-refractivity contribution is 0.0932. The van der Waals surface area contributed by atoms with Crippen LogP contribution in [0, 0.1) is 0 Å². The first kappa shape index (κ1) is 29.1. The van der Waals surface area contributed by atoms with Gasteiger partial charge in [-0.25, -0.2) is 4.98 Å². The molecule has 6 aromatic rings. The van der Waals surface area contributed by atoms with E-state index in [1.165, 1.54) is 23.1 Å². The van der Waals surface area contributed by atoms with Gasteiger partial charge in [-0.3, -0.25) is 9.36 Å². The molecule has 6 rings (SSSR count). The molecule has 0 radical (unpaired) electrons. The van der Waals surface area contributed by atoms with Crippen LogP contribution in [0.5, 0.6) is 0 Å². The van der Waals surface area contributed by atoms with Crippen LogP contribution in [-0.2, 0) is 12.2 Å². The van der Waals surface area contributed by atoms with Gasteiger partial charge >= 0.3 is 0 Å². The number of nitrogens with zero attached hydrogens (tertiary/aromatic N) is 4. The number of rotatable bonds is 10. The minimum Gasteiger partial charge on any atom is -0.344 e. The van der Waals surface area contributed by atoms with Crippen LogP contribution in [0.2, 0.25) is 10.0 Å². The molecule has 0 aliphatic heterocycles. The number of nitrogens with one attached hydrogen (secondary N) is 1. The summed E-state index contributed by atoms with van der Waals surface area (Å²) in [6, 6.07) is 35.0. The zero-order chi connectivity index (χ0) is 29.6. The molecule has 43 heavy (non-hydrogen) atoms. The Balaban J connectivity index is 1.21. The van der Waals surface area contributed by atoms with E-state index < -0.39 is 0 Å². The molecule has 0 bridgehead atoms. The Labute approximate surface area is 267 Å². The van der Waals surface area contributed by atoms with Gasteiger partial charge in [0.1, 0.15) is 10.7 Å². The third-order valence-electron chi connectivity index (χ3n) is 6.74. The molecule has 0 saturated heterocycles. The van der Waals surface area contributed by atoms with E-state index in [0.29, 0.717) is 38.9 Å². The highest BCUT2D eigenvalue weighted by Crippen LogP contribution is 2.35. The van der Waals surface area contributed by atoms with Crippen LogP contribution in [0.1, 0.15) is 32.7 Å². The summed E-state index contributed by atoms with van der Waals surface area (Å²) >= 11 is 16.0. The lowest BCUT2D eigenvalue weighted by Crippen LogP contribution is -2.30. The van der Waals surface area contributed by atoms with Gasteiger partial charge in [0.05, 0.1) is 27.5 Å². The van der Waals surface area contributed by atoms with Crippen molar-refractivity contribution in [3.05, 3.63) is 146 Å². The van der Waals surface area contributed by atoms with Crippen LogP contribution >= 0.6 is 46.3 Å². The Kier molecular flexibility index (Phi) is 9.19. The molecule has 1 N–H and O–H groups in total. The van der Waals surface area contributed by atoms with Crippen LogP contribution in [0.15, 0.2) is 120 Å². The fraction of sp³-hybridized carbons (Fsp3) is 0.0909. The molecule has 10 heteroatoms. The summed E-state index contributed by atoms with van der Waals surface area (Å²) in [5.74, 6) is 0.873. The predicted octanol–water partition coefficient (Wildman–Crippen LogP) is 8.70. The quantitative estimate of drug-likeness (QED) is 0.151. The third-order valence-corrected chi connectivity index (χ3v) is 9.36. The molecule has 0 saturated carbocycles. The van der Waals surface area contributed by atoms with Gasteiger partial charge in [-0.05, 0) is 41.8 Å². The standard InChI is InChI=1S/C33H25Cl2N5OS2/c34-25-16-8-7-15-24(25)31-38-39-33(40(31)29-18-10-9-17-26(29)35)43-21-30-36-28(20-42-30)32(41)37-27(23-13-5-2-6-14-23)19-22-11-3-1-4-12-22/h1-18,20,27H,19,21H2,(H,37,41). The number of aromatic nitrogens is 4. The highest BCUT2D eigenvalue weighted by molar-refractivity contribution is 7.98. The third kappa shape index (κ3) is 6.84. The normalized spacial score (nSPS) is 11.8. The number of hydrogen-bond acceptors (Lipinski definition) is 6. The van der Waals surface area contributed by atoms with Crippen molar-refractivity contribution in [1.29, 1.82) is 0 Å². The maximum atomic E-state index is 13.3. The van der Waals surface area contributed by atoms with Gasteiger partial charge in [0.25, 0.3) is 5.91 Å². The monoisotopic (exact) mass is 641 g/mol. The van der Waals surface area contributed by atoms with E-state index in [4.69, 9.17) is 23.2 Å². The largest absolute Gasteiger partial charge is 0.344 e. The van der Waals surface area contributed by atoms with Gasteiger partial charge in [0.15, 0.2) is 11.0 Å². The molecule has 0 fully saturated rings. The van der Waals surface area contributed by atoms with E-state index in [-0.39, 0.29) is 11.9 Å². The number of carbonyl (C=O) groups excluding carboxylic acids is 1. The van der Waals surface area contributed by atoms with Crippen LogP contribution in [0.3, 0.4) is 0 Å². The molecule has 2 heterocycles. The zero-order valence-electron chi connectivity index (χ0n) is 22.7. The minimum absolute atomic E-state index is 0.187. The number of thioether (sulfide) groups is 1. The fourth-order valence-electron chi connectivity index (χ4n) is 4.66. The molecule has 1 amide bonds. The second kappa shape index (κ2) is 13.6. The highest BCUT2D eigenvalue weighted by atomic mass is 35.5. The summed E-state index contributed by atoms with van der Waals surface area (Å²) in [7, 11) is 0. The minimum atomic E-state index is -0.211. The highest BCUT2D eigenvalue weighted by Gasteiger charge is 2.22. The molecular formula is C33H25Cl2N5OS2. The molecule has 0 aliphatic rings. The average molecular weight is 643 g/mol. The van der Waals surface area contributed by atoms with Gasteiger partial charge < -0.3 is 5.32 Å². The van der Waals surface area contributed by atoms with E-state index >= 15 is 0 Å². The average Bonchev–Trinajstić information content (AvgIpc) is 3.69. The first-order valence-corrected chi connectivity index (χ1v) is 16.1. The molecular weight excluding hydrogens is 617 g/mol. The summed E-state index contributed by atoms with van der Waals surface area (Å²) < 4.78 is 1.91. The Morgan fingerprint density at radius 3 is 2.26 bits per heavy atom. The first-order valence-electron chi connectivity index (χ1n) is 13.5. The molecule has 0 aliphatic carbocycles. The summed E-state index contributed by atoms with van der Waals surface area (Å²) in [6.07, 6.45) is 0.676. The van der Waals surface area contributed by atoms with E-state index in [9.17, 15) is 4.79 Å². The maximum absolute atomic E-state index is 13.3. The molecule has 6 nitrogen and oxygen atoms in total. The van der Waals surface area contributed by atoms with Gasteiger partial charge in [-0.15, -0.1) is 21.5 Å². The fourth-order valence-corrected chi connectivity index (χ4v) is 6.84. The second-order valence-corrected chi connectivity index (χ2v) is 12.3. The molecule has 2 aromatic heterocycles. The van der Waals surface area contributed by atoms with Crippen molar-refractivity contribution < 1.29 is 4.79 Å². The lowest BCUT2D eigenvalue weighted by atomic mass is 9.99. The van der Waals surface area contributed by atoms with E-state index in [1.807, 2.05) is 102 Å². The Hall–Kier alpha value is -3.95. The van der Waals surface area contributed by atoms with Crippen molar-refractivity contribution in [3.8, 4) is 17.1 Å². The molecule has 0 spiro atoms. The Morgan fingerprint density at radius 1 is 0.837 bits per heavy atom. The van der Waals surface area contributed by atoms with E-state index in [2.05, 4.69) is 32.6 Å². The smallest absolute Gasteiger partial charge is 0.271 e. The van der Waals surface area contributed by atoms with Gasteiger partial charge in [0, 0.05) is 10.9 Å². The van der Waals surface area contributed by atoms with E-state index in [0.717, 1.165) is 27.4 Å². The summed E-state index contributed by atoms with van der Waals surface area (Å²) in [5, 5.41) is 16.5. The molecule has 4 aromatic carbocycles. The Morgan fingerprint density at radius 2 is 1.51 bits per heavy atom. The number of halogens is 2. The molecule has 1 unspecified atom stereocenters. The van der Waals surface area contributed by atoms with Crippen molar-refractivity contribution in [1.82, 2.24) is 25.1 Å². The SMILES string of the molecule is O=C(NC(Cc1ccccc1)c1ccccc1)c1csc(CSc2nnc(-c3ccccc3Cl)n2-c2ccccc2Cl)n1. The van der Waals surface area contributed by atoms with Crippen molar-refractivity contribution in [2.24, 2.45) is 0 Å². The second-order valence-electron chi connectivity index (χ2n) is 9.61. The summed E-state index contributed by atoms with van der Waals surface area (Å²) in [5.41, 5.74) is 4.07. The summed E-state index contributed by atoms with van der Waals surface area (Å²) in [4.78, 5) is 18.0. The number of carbonyl (C=O) groups is 1. The predicted molar refractivity (Wildman–Crippen MR) is 175 cm³/mol. The van der Waals surface area contributed by atoms with Gasteiger partial charge in [-0.1, -0.05) is 120 Å². The molecule has 214 valence electrons. The zero-order valence-corrected chi connectivity index (χ0v) is 25.9. The van der Waals surface area contributed by atoms with E-state index in [1.54, 1.807) is 5.38 Å². The number of para-hydroxylation sites is 1. The van der Waals surface area contributed by atoms with Crippen LogP contribution in [-0.4, -0.2) is 25.7 Å². The lowest BCUT2D eigenvalue weighted by Gasteiger charge is -2.19. The van der Waals surface area contributed by atoms with Crippen LogP contribution in [0.4, 0.5) is 0 Å². The van der Waals surface area contributed by atoms with Crippen molar-refractivity contribution >= 4 is 52.2 Å². The van der Waals surface area contributed by atoms with Crippen molar-refractivity contribution in [2.75, 3.05) is 0 Å². The first-order chi connectivity index (χ1) is 21.1. The number of hydrogen-bond donors (Lipinski definition) is 1. The number of amides is 1. The van der Waals surface area contributed by atoms with Gasteiger partial charge in [-0.2, -0.15) is 0 Å². The molecule has 1 atom stereocenters. The van der Waals surface area contributed by atoms with Crippen molar-refractivity contribution in [2.45, 2.75) is 23.4 Å². The van der Waals surface area contributed by atoms with Crippen LogP contribution in [0.25, 0.3) is 17.1 Å². The Bertz CT molecular complexity index is 1840. The number of thiazole rings is 1.